The van der Waals surface area contributed by atoms with Gasteiger partial charge in [-0.15, -0.1) is 0 Å². The van der Waals surface area contributed by atoms with E-state index in [0.717, 1.165) is 6.08 Å². The normalized spacial score (nSPS) is 20.8. The zero-order valence-corrected chi connectivity index (χ0v) is 13.2. The van der Waals surface area contributed by atoms with Crippen molar-refractivity contribution in [3.63, 3.8) is 0 Å². The molecule has 0 bridgehead atoms. The van der Waals surface area contributed by atoms with Crippen LogP contribution in [0.5, 0.6) is 0 Å². The summed E-state index contributed by atoms with van der Waals surface area (Å²) in [6.45, 7) is 3.29. The number of furan rings is 1. The summed E-state index contributed by atoms with van der Waals surface area (Å²) >= 11 is 0. The molecule has 6 heteroatoms. The van der Waals surface area contributed by atoms with Crippen LogP contribution in [-0.4, -0.2) is 29.8 Å². The fraction of sp³-hybridized carbons (Fsp3) is 0.353. The molecular weight excluding hydrogens is 300 g/mol. The second-order valence-electron chi connectivity index (χ2n) is 5.96. The third kappa shape index (κ3) is 3.26. The Labute approximate surface area is 133 Å². The molecule has 0 aliphatic heterocycles. The van der Waals surface area contributed by atoms with Gasteiger partial charge in [0.15, 0.2) is 11.6 Å². The minimum absolute atomic E-state index is 0.0352. The largest absolute Gasteiger partial charge is 0.510 e. The summed E-state index contributed by atoms with van der Waals surface area (Å²) in [5.74, 6) is -3.27. The molecule has 1 N–H and O–H groups in total. The Bertz CT molecular complexity index is 691. The molecule has 1 aliphatic carbocycles. The van der Waals surface area contributed by atoms with Crippen LogP contribution in [0.3, 0.4) is 0 Å². The highest BCUT2D eigenvalue weighted by Gasteiger charge is 2.46. The van der Waals surface area contributed by atoms with Crippen LogP contribution in [0.4, 0.5) is 0 Å². The number of Topliss-reactive ketones (excluding diaryl/α,β-unsaturated/α-hetero) is 1. The molecule has 1 aromatic rings. The maximum absolute atomic E-state index is 12.3. The van der Waals surface area contributed by atoms with Crippen LogP contribution < -0.4 is 0 Å². The van der Waals surface area contributed by atoms with Crippen molar-refractivity contribution in [3.8, 4) is 0 Å². The van der Waals surface area contributed by atoms with E-state index in [1.165, 1.54) is 19.4 Å². The first kappa shape index (κ1) is 16.7. The molecule has 0 aromatic carbocycles. The Hall–Kier alpha value is -2.63. The van der Waals surface area contributed by atoms with Crippen LogP contribution in [0, 0.1) is 11.3 Å². The van der Waals surface area contributed by atoms with E-state index in [-0.39, 0.29) is 12.0 Å². The van der Waals surface area contributed by atoms with Crippen molar-refractivity contribution in [2.45, 2.75) is 20.3 Å². The topological polar surface area (TPSA) is 93.8 Å². The Morgan fingerprint density at radius 2 is 2.13 bits per heavy atom. The molecule has 1 aromatic heterocycles. The first-order valence-electron chi connectivity index (χ1n) is 7.08. The Kier molecular flexibility index (Phi) is 4.54. The summed E-state index contributed by atoms with van der Waals surface area (Å²) < 4.78 is 9.73. The van der Waals surface area contributed by atoms with E-state index >= 15 is 0 Å². The first-order valence-corrected chi connectivity index (χ1v) is 7.08. The number of carbonyl (C=O) groups is 3. The van der Waals surface area contributed by atoms with E-state index in [4.69, 9.17) is 4.42 Å². The van der Waals surface area contributed by atoms with E-state index in [2.05, 4.69) is 4.74 Å². The van der Waals surface area contributed by atoms with Gasteiger partial charge in [-0.1, -0.05) is 13.8 Å². The number of hydrogen-bond acceptors (Lipinski definition) is 6. The van der Waals surface area contributed by atoms with E-state index in [9.17, 15) is 19.5 Å². The number of esters is 1. The first-order chi connectivity index (χ1) is 10.8. The lowest BCUT2D eigenvalue weighted by atomic mass is 9.69. The number of allylic oxidation sites excluding steroid dienone is 2. The summed E-state index contributed by atoms with van der Waals surface area (Å²) in [5, 5.41) is 10.3. The molecule has 1 heterocycles. The van der Waals surface area contributed by atoms with Gasteiger partial charge in [-0.2, -0.15) is 0 Å². The van der Waals surface area contributed by atoms with Crippen LogP contribution >= 0.6 is 0 Å². The highest BCUT2D eigenvalue weighted by Crippen LogP contribution is 2.41. The van der Waals surface area contributed by atoms with Crippen molar-refractivity contribution in [3.05, 3.63) is 41.6 Å². The number of aliphatic hydroxyl groups excluding tert-OH is 1. The van der Waals surface area contributed by atoms with Crippen LogP contribution in [0.15, 0.2) is 40.2 Å². The summed E-state index contributed by atoms with van der Waals surface area (Å²) in [6, 6.07) is 3.30. The van der Waals surface area contributed by atoms with Gasteiger partial charge in [-0.3, -0.25) is 9.59 Å². The van der Waals surface area contributed by atoms with Crippen LogP contribution in [0.1, 0.15) is 26.0 Å². The standard InChI is InChI=1S/C17H18O6/c1-17(2)9-12(19)13(15(20)14(17)16(21)22-3)11(18)7-6-10-5-4-8-23-10/h4-8,13,20H,9H2,1-3H3/t13-/m0/s1. The van der Waals surface area contributed by atoms with E-state index in [0.29, 0.717) is 5.76 Å². The zero-order valence-electron chi connectivity index (χ0n) is 13.2. The summed E-state index contributed by atoms with van der Waals surface area (Å²) in [5.41, 5.74) is -0.931. The lowest BCUT2D eigenvalue weighted by Gasteiger charge is -2.33. The average molecular weight is 318 g/mol. The van der Waals surface area contributed by atoms with Crippen molar-refractivity contribution in [1.29, 1.82) is 0 Å². The van der Waals surface area contributed by atoms with Gasteiger partial charge in [0, 0.05) is 11.8 Å². The van der Waals surface area contributed by atoms with Gasteiger partial charge < -0.3 is 14.3 Å². The SMILES string of the molecule is COC(=O)C1=C(O)[C@@H](C(=O)C=Cc2ccco2)C(=O)CC1(C)C. The number of ether oxygens (including phenoxy) is 1. The van der Waals surface area contributed by atoms with Gasteiger partial charge in [0.2, 0.25) is 0 Å². The van der Waals surface area contributed by atoms with Gasteiger partial charge in [0.25, 0.3) is 0 Å². The number of carbonyl (C=O) groups excluding carboxylic acids is 3. The van der Waals surface area contributed by atoms with E-state index < -0.39 is 34.6 Å². The van der Waals surface area contributed by atoms with Crippen molar-refractivity contribution < 1.29 is 28.6 Å². The third-order valence-corrected chi connectivity index (χ3v) is 3.77. The molecular formula is C17H18O6. The average Bonchev–Trinajstić information content (AvgIpc) is 2.96. The van der Waals surface area contributed by atoms with Crippen molar-refractivity contribution in [1.82, 2.24) is 0 Å². The fourth-order valence-electron chi connectivity index (χ4n) is 2.69. The Morgan fingerprint density at radius 1 is 1.43 bits per heavy atom. The number of hydrogen-bond donors (Lipinski definition) is 1. The summed E-state index contributed by atoms with van der Waals surface area (Å²) in [6.07, 6.45) is 3.98. The van der Waals surface area contributed by atoms with Crippen LogP contribution in [0.2, 0.25) is 0 Å². The van der Waals surface area contributed by atoms with Gasteiger partial charge in [0.1, 0.15) is 17.4 Å². The molecule has 122 valence electrons. The lowest BCUT2D eigenvalue weighted by Crippen LogP contribution is -2.39. The molecule has 0 unspecified atom stereocenters. The molecule has 2 rings (SSSR count). The summed E-state index contributed by atoms with van der Waals surface area (Å²) in [4.78, 5) is 36.5. The van der Waals surface area contributed by atoms with Crippen molar-refractivity contribution in [2.24, 2.45) is 11.3 Å². The second-order valence-corrected chi connectivity index (χ2v) is 5.96. The van der Waals surface area contributed by atoms with Gasteiger partial charge in [0.05, 0.1) is 18.9 Å². The number of methoxy groups -OCH3 is 1. The molecule has 1 aliphatic rings. The van der Waals surface area contributed by atoms with Crippen molar-refractivity contribution in [2.75, 3.05) is 7.11 Å². The number of aliphatic hydroxyl groups is 1. The quantitative estimate of drug-likeness (QED) is 0.520. The highest BCUT2D eigenvalue weighted by molar-refractivity contribution is 6.13. The van der Waals surface area contributed by atoms with E-state index in [1.54, 1.807) is 26.0 Å². The number of ketones is 2. The number of rotatable bonds is 4. The van der Waals surface area contributed by atoms with Gasteiger partial charge in [-0.25, -0.2) is 4.79 Å². The predicted molar refractivity (Wildman–Crippen MR) is 81.3 cm³/mol. The minimum atomic E-state index is -1.39. The lowest BCUT2D eigenvalue weighted by molar-refractivity contribution is -0.139. The molecule has 6 nitrogen and oxygen atoms in total. The fourth-order valence-corrected chi connectivity index (χ4v) is 2.69. The smallest absolute Gasteiger partial charge is 0.337 e. The van der Waals surface area contributed by atoms with Gasteiger partial charge in [-0.05, 0) is 24.3 Å². The predicted octanol–water partition coefficient (Wildman–Crippen LogP) is 2.46. The second kappa shape index (κ2) is 6.24. The van der Waals surface area contributed by atoms with E-state index in [1.807, 2.05) is 0 Å². The maximum Gasteiger partial charge on any atom is 0.337 e. The Morgan fingerprint density at radius 3 is 2.70 bits per heavy atom. The molecule has 0 saturated heterocycles. The highest BCUT2D eigenvalue weighted by atomic mass is 16.5. The molecule has 0 saturated carbocycles. The summed E-state index contributed by atoms with van der Waals surface area (Å²) in [7, 11) is 1.18. The van der Waals surface area contributed by atoms with Crippen molar-refractivity contribution >= 4 is 23.6 Å². The molecule has 0 fully saturated rings. The molecule has 1 atom stereocenters. The van der Waals surface area contributed by atoms with Gasteiger partial charge >= 0.3 is 5.97 Å². The van der Waals surface area contributed by atoms with Crippen LogP contribution in [0.25, 0.3) is 6.08 Å². The molecule has 0 spiro atoms. The molecule has 0 amide bonds. The Balaban J connectivity index is 2.38. The molecule has 23 heavy (non-hydrogen) atoms. The zero-order chi connectivity index (χ0) is 17.2. The third-order valence-electron chi connectivity index (χ3n) is 3.77. The minimum Gasteiger partial charge on any atom is -0.510 e. The van der Waals surface area contributed by atoms with Crippen LogP contribution in [-0.2, 0) is 19.1 Å². The molecule has 0 radical (unpaired) electrons. The maximum atomic E-state index is 12.3. The monoisotopic (exact) mass is 318 g/mol.